The van der Waals surface area contributed by atoms with Crippen LogP contribution in [-0.4, -0.2) is 30.5 Å². The summed E-state index contributed by atoms with van der Waals surface area (Å²) in [5, 5.41) is 6.39. The van der Waals surface area contributed by atoms with E-state index >= 15 is 0 Å². The fourth-order valence-electron chi connectivity index (χ4n) is 2.00. The maximum Gasteiger partial charge on any atom is 0.433 e. The van der Waals surface area contributed by atoms with E-state index in [1.807, 2.05) is 6.92 Å². The summed E-state index contributed by atoms with van der Waals surface area (Å²) < 4.78 is 38.0. The monoisotopic (exact) mass is 331 g/mol. The molecule has 2 aromatic rings. The van der Waals surface area contributed by atoms with Crippen LogP contribution in [0.15, 0.2) is 12.1 Å². The smallest absolute Gasteiger partial charge is 0.350 e. The van der Waals surface area contributed by atoms with E-state index < -0.39 is 11.9 Å². The van der Waals surface area contributed by atoms with Gasteiger partial charge in [-0.3, -0.25) is 4.79 Å². The summed E-state index contributed by atoms with van der Waals surface area (Å²) in [6, 6.07) is 2.31. The molecule has 0 bridgehead atoms. The van der Waals surface area contributed by atoms with Crippen molar-refractivity contribution < 1.29 is 18.0 Å². The maximum absolute atomic E-state index is 12.7. The number of hydrogen-bond donors (Lipinski definition) is 2. The zero-order chi connectivity index (χ0) is 16.3. The van der Waals surface area contributed by atoms with Gasteiger partial charge in [0, 0.05) is 18.5 Å². The van der Waals surface area contributed by atoms with Crippen molar-refractivity contribution in [3.05, 3.63) is 28.3 Å². The third-order valence-corrected chi connectivity index (χ3v) is 4.34. The third-order valence-electron chi connectivity index (χ3n) is 3.14. The van der Waals surface area contributed by atoms with Crippen LogP contribution in [0, 0.1) is 6.92 Å². The maximum atomic E-state index is 12.7. The van der Waals surface area contributed by atoms with Crippen molar-refractivity contribution in [1.29, 1.82) is 0 Å². The highest BCUT2D eigenvalue weighted by molar-refractivity contribution is 7.20. The molecule has 2 aromatic heterocycles. The van der Waals surface area contributed by atoms with Gasteiger partial charge < -0.3 is 10.6 Å². The number of likely N-dealkylation sites (N-methyl/N-ethyl adjacent to an activating group) is 1. The number of nitrogens with zero attached hydrogens (tertiary/aromatic N) is 1. The molecule has 120 valence electrons. The lowest BCUT2D eigenvalue weighted by Gasteiger charge is -2.04. The molecule has 22 heavy (non-hydrogen) atoms. The number of amides is 1. The van der Waals surface area contributed by atoms with Gasteiger partial charge in [-0.05, 0) is 31.2 Å². The molecule has 2 N–H and O–H groups in total. The Labute approximate surface area is 129 Å². The van der Waals surface area contributed by atoms with Gasteiger partial charge in [-0.15, -0.1) is 11.3 Å². The molecule has 2 rings (SSSR count). The molecule has 0 spiro atoms. The molecule has 0 aliphatic rings. The van der Waals surface area contributed by atoms with E-state index in [1.165, 1.54) is 6.07 Å². The van der Waals surface area contributed by atoms with Crippen molar-refractivity contribution in [2.45, 2.75) is 20.0 Å². The predicted molar refractivity (Wildman–Crippen MR) is 80.2 cm³/mol. The number of thiophene rings is 1. The average molecular weight is 331 g/mol. The molecular weight excluding hydrogens is 315 g/mol. The van der Waals surface area contributed by atoms with Crippen LogP contribution in [0.1, 0.15) is 27.9 Å². The lowest BCUT2D eigenvalue weighted by molar-refractivity contribution is -0.140. The van der Waals surface area contributed by atoms with E-state index in [1.54, 1.807) is 6.92 Å². The summed E-state index contributed by atoms with van der Waals surface area (Å²) in [6.45, 7) is 5.58. The molecule has 4 nitrogen and oxygen atoms in total. The average Bonchev–Trinajstić information content (AvgIpc) is 2.79. The second-order valence-corrected chi connectivity index (χ2v) is 5.71. The second kappa shape index (κ2) is 6.62. The summed E-state index contributed by atoms with van der Waals surface area (Å²) in [5.74, 6) is -0.285. The van der Waals surface area contributed by atoms with Gasteiger partial charge in [0.25, 0.3) is 5.91 Å². The molecular formula is C14H16F3N3OS. The molecule has 1 amide bonds. The van der Waals surface area contributed by atoms with Gasteiger partial charge in [-0.1, -0.05) is 6.92 Å². The van der Waals surface area contributed by atoms with Crippen molar-refractivity contribution in [3.8, 4) is 0 Å². The van der Waals surface area contributed by atoms with Crippen LogP contribution < -0.4 is 10.6 Å². The van der Waals surface area contributed by atoms with Crippen LogP contribution in [-0.2, 0) is 6.18 Å². The first-order valence-corrected chi connectivity index (χ1v) is 7.62. The summed E-state index contributed by atoms with van der Waals surface area (Å²) >= 11 is 0.983. The third kappa shape index (κ3) is 3.56. The minimum absolute atomic E-state index is 0.226. The number of aromatic nitrogens is 1. The minimum Gasteiger partial charge on any atom is -0.350 e. The Morgan fingerprint density at radius 1 is 1.32 bits per heavy atom. The van der Waals surface area contributed by atoms with Crippen LogP contribution in [0.3, 0.4) is 0 Å². The quantitative estimate of drug-likeness (QED) is 0.828. The Morgan fingerprint density at radius 3 is 2.68 bits per heavy atom. The first-order valence-electron chi connectivity index (χ1n) is 6.80. The molecule has 0 aromatic carbocycles. The number of aryl methyl sites for hydroxylation is 1. The molecule has 0 aliphatic carbocycles. The van der Waals surface area contributed by atoms with Crippen molar-refractivity contribution >= 4 is 27.5 Å². The Kier molecular flexibility index (Phi) is 5.02. The van der Waals surface area contributed by atoms with Crippen molar-refractivity contribution in [2.75, 3.05) is 19.6 Å². The molecule has 0 unspecified atom stereocenters. The number of nitrogens with one attached hydrogen (secondary N) is 2. The summed E-state index contributed by atoms with van der Waals surface area (Å²) in [5.41, 5.74) is -0.289. The zero-order valence-corrected chi connectivity index (χ0v) is 13.0. The zero-order valence-electron chi connectivity index (χ0n) is 12.2. The first kappa shape index (κ1) is 16.7. The highest BCUT2D eigenvalue weighted by Gasteiger charge is 2.33. The van der Waals surface area contributed by atoms with E-state index in [0.717, 1.165) is 23.9 Å². The lowest BCUT2D eigenvalue weighted by Crippen LogP contribution is -2.31. The van der Waals surface area contributed by atoms with Gasteiger partial charge in [0.2, 0.25) is 0 Å². The molecule has 0 saturated carbocycles. The molecule has 8 heteroatoms. The van der Waals surface area contributed by atoms with E-state index in [9.17, 15) is 18.0 Å². The van der Waals surface area contributed by atoms with Gasteiger partial charge in [0.05, 0.1) is 4.88 Å². The molecule has 0 saturated heterocycles. The van der Waals surface area contributed by atoms with E-state index in [4.69, 9.17) is 0 Å². The molecule has 0 fully saturated rings. The van der Waals surface area contributed by atoms with Crippen molar-refractivity contribution in [2.24, 2.45) is 0 Å². The van der Waals surface area contributed by atoms with E-state index in [-0.39, 0.29) is 10.7 Å². The fourth-order valence-corrected chi connectivity index (χ4v) is 3.09. The number of carbonyl (C=O) groups excluding carboxylic acids is 1. The fraction of sp³-hybridized carbons (Fsp3) is 0.429. The van der Waals surface area contributed by atoms with Gasteiger partial charge in [0.1, 0.15) is 10.5 Å². The first-order chi connectivity index (χ1) is 10.3. The SMILES string of the molecule is CCNCCNC(=O)c1sc2nc(C(F)(F)F)ccc2c1C. The second-order valence-electron chi connectivity index (χ2n) is 4.71. The summed E-state index contributed by atoms with van der Waals surface area (Å²) in [7, 11) is 0. The van der Waals surface area contributed by atoms with Crippen LogP contribution in [0.25, 0.3) is 10.2 Å². The van der Waals surface area contributed by atoms with Gasteiger partial charge in [-0.25, -0.2) is 4.98 Å². The highest BCUT2D eigenvalue weighted by atomic mass is 32.1. The number of pyridine rings is 1. The summed E-state index contributed by atoms with van der Waals surface area (Å²) in [6.07, 6.45) is -4.49. The molecule has 0 aliphatic heterocycles. The Bertz CT molecular complexity index is 682. The van der Waals surface area contributed by atoms with Crippen LogP contribution >= 0.6 is 11.3 Å². The Balaban J connectivity index is 2.24. The minimum atomic E-state index is -4.49. The Hall–Kier alpha value is -1.67. The van der Waals surface area contributed by atoms with E-state index in [2.05, 4.69) is 15.6 Å². The number of rotatable bonds is 5. The van der Waals surface area contributed by atoms with Gasteiger partial charge in [0.15, 0.2) is 0 Å². The normalized spacial score (nSPS) is 11.9. The lowest BCUT2D eigenvalue weighted by atomic mass is 10.2. The van der Waals surface area contributed by atoms with Crippen molar-refractivity contribution in [1.82, 2.24) is 15.6 Å². The molecule has 0 atom stereocenters. The number of fused-ring (bicyclic) bond motifs is 1. The number of hydrogen-bond acceptors (Lipinski definition) is 4. The molecule has 2 heterocycles. The summed E-state index contributed by atoms with van der Waals surface area (Å²) in [4.78, 5) is 16.4. The van der Waals surface area contributed by atoms with E-state index in [0.29, 0.717) is 28.9 Å². The van der Waals surface area contributed by atoms with Gasteiger partial charge >= 0.3 is 6.18 Å². The predicted octanol–water partition coefficient (Wildman–Crippen LogP) is 2.96. The highest BCUT2D eigenvalue weighted by Crippen LogP contribution is 2.34. The van der Waals surface area contributed by atoms with Crippen LogP contribution in [0.5, 0.6) is 0 Å². The van der Waals surface area contributed by atoms with Gasteiger partial charge in [-0.2, -0.15) is 13.2 Å². The topological polar surface area (TPSA) is 54.0 Å². The number of halogens is 3. The van der Waals surface area contributed by atoms with Crippen LogP contribution in [0.2, 0.25) is 0 Å². The van der Waals surface area contributed by atoms with Crippen LogP contribution in [0.4, 0.5) is 13.2 Å². The Morgan fingerprint density at radius 2 is 2.05 bits per heavy atom. The van der Waals surface area contributed by atoms with Crippen molar-refractivity contribution in [3.63, 3.8) is 0 Å². The number of carbonyl (C=O) groups is 1. The molecule has 0 radical (unpaired) electrons. The largest absolute Gasteiger partial charge is 0.433 e. The number of alkyl halides is 3. The standard InChI is InChI=1S/C14H16F3N3OS/c1-3-18-6-7-19-12(21)11-8(2)9-4-5-10(14(15,16)17)20-13(9)22-11/h4-5,18H,3,6-7H2,1-2H3,(H,19,21).